The SMILES string of the molecule is C[C@H]1CCCC[C@H]1NC(=O)C1CCN(c2nc3ccccc3n2C)CC1. The molecule has 1 saturated heterocycles. The van der Waals surface area contributed by atoms with Gasteiger partial charge < -0.3 is 14.8 Å². The summed E-state index contributed by atoms with van der Waals surface area (Å²) in [7, 11) is 2.08. The number of hydrogen-bond acceptors (Lipinski definition) is 3. The summed E-state index contributed by atoms with van der Waals surface area (Å²) in [4.78, 5) is 19.8. The molecule has 2 fully saturated rings. The molecule has 2 heterocycles. The minimum absolute atomic E-state index is 0.148. The first-order chi connectivity index (χ1) is 12.6. The van der Waals surface area contributed by atoms with E-state index in [1.807, 2.05) is 6.07 Å². The van der Waals surface area contributed by atoms with Gasteiger partial charge in [0.05, 0.1) is 11.0 Å². The van der Waals surface area contributed by atoms with Gasteiger partial charge in [-0.05, 0) is 43.7 Å². The van der Waals surface area contributed by atoms with Gasteiger partial charge in [0.25, 0.3) is 0 Å². The van der Waals surface area contributed by atoms with Gasteiger partial charge in [-0.2, -0.15) is 0 Å². The number of nitrogens with zero attached hydrogens (tertiary/aromatic N) is 3. The van der Waals surface area contributed by atoms with E-state index in [0.717, 1.165) is 49.3 Å². The average molecular weight is 354 g/mol. The summed E-state index contributed by atoms with van der Waals surface area (Å²) in [6.45, 7) is 4.07. The number of hydrogen-bond donors (Lipinski definition) is 1. The van der Waals surface area contributed by atoms with Crippen molar-refractivity contribution in [2.24, 2.45) is 18.9 Å². The number of benzene rings is 1. The van der Waals surface area contributed by atoms with Crippen molar-refractivity contribution in [1.82, 2.24) is 14.9 Å². The molecule has 0 unspecified atom stereocenters. The van der Waals surface area contributed by atoms with Gasteiger partial charge in [-0.15, -0.1) is 0 Å². The number of carbonyl (C=O) groups excluding carboxylic acids is 1. The van der Waals surface area contributed by atoms with Gasteiger partial charge in [0.15, 0.2) is 0 Å². The Labute approximate surface area is 155 Å². The number of rotatable bonds is 3. The molecule has 2 aliphatic rings. The Morgan fingerprint density at radius 3 is 2.58 bits per heavy atom. The molecule has 5 heteroatoms. The van der Waals surface area contributed by atoms with E-state index in [9.17, 15) is 4.79 Å². The fourth-order valence-electron chi connectivity index (χ4n) is 4.59. The fourth-order valence-corrected chi connectivity index (χ4v) is 4.59. The number of fused-ring (bicyclic) bond motifs is 1. The Kier molecular flexibility index (Phi) is 4.88. The van der Waals surface area contributed by atoms with Crippen molar-refractivity contribution >= 4 is 22.9 Å². The van der Waals surface area contributed by atoms with Crippen LogP contribution in [0.2, 0.25) is 0 Å². The van der Waals surface area contributed by atoms with Crippen LogP contribution >= 0.6 is 0 Å². The number of amides is 1. The summed E-state index contributed by atoms with van der Waals surface area (Å²) >= 11 is 0. The van der Waals surface area contributed by atoms with Gasteiger partial charge in [0.1, 0.15) is 0 Å². The summed E-state index contributed by atoms with van der Waals surface area (Å²) < 4.78 is 2.17. The summed E-state index contributed by atoms with van der Waals surface area (Å²) in [5.74, 6) is 2.06. The first-order valence-electron chi connectivity index (χ1n) is 10.1. The summed E-state index contributed by atoms with van der Waals surface area (Å²) in [6.07, 6.45) is 6.78. The molecule has 1 aliphatic carbocycles. The van der Waals surface area contributed by atoms with Gasteiger partial charge in [-0.1, -0.05) is 31.9 Å². The zero-order chi connectivity index (χ0) is 18.1. The van der Waals surface area contributed by atoms with Crippen LogP contribution in [0.4, 0.5) is 5.95 Å². The lowest BCUT2D eigenvalue weighted by atomic mass is 9.85. The molecule has 1 aliphatic heterocycles. The van der Waals surface area contributed by atoms with Crippen LogP contribution in [0.25, 0.3) is 11.0 Å². The second kappa shape index (κ2) is 7.29. The molecule has 140 valence electrons. The van der Waals surface area contributed by atoms with Crippen molar-refractivity contribution in [3.8, 4) is 0 Å². The third-order valence-electron chi connectivity index (χ3n) is 6.35. The van der Waals surface area contributed by atoms with E-state index in [2.05, 4.69) is 47.0 Å². The predicted octanol–water partition coefficient (Wildman–Crippen LogP) is 3.48. The molecule has 1 saturated carbocycles. The topological polar surface area (TPSA) is 50.2 Å². The van der Waals surface area contributed by atoms with E-state index in [1.165, 1.54) is 19.3 Å². The van der Waals surface area contributed by atoms with E-state index in [0.29, 0.717) is 12.0 Å². The molecule has 1 amide bonds. The third kappa shape index (κ3) is 3.31. The number of nitrogens with one attached hydrogen (secondary N) is 1. The van der Waals surface area contributed by atoms with Crippen molar-refractivity contribution in [2.45, 2.75) is 51.5 Å². The largest absolute Gasteiger partial charge is 0.353 e. The number of aryl methyl sites for hydroxylation is 1. The number of piperidine rings is 1. The molecule has 1 aromatic carbocycles. The van der Waals surface area contributed by atoms with Crippen LogP contribution in [0.15, 0.2) is 24.3 Å². The molecule has 0 radical (unpaired) electrons. The lowest BCUT2D eigenvalue weighted by Gasteiger charge is -2.34. The number of aromatic nitrogens is 2. The van der Waals surface area contributed by atoms with Gasteiger partial charge in [-0.3, -0.25) is 4.79 Å². The number of anilines is 1. The number of carbonyl (C=O) groups is 1. The highest BCUT2D eigenvalue weighted by atomic mass is 16.2. The minimum Gasteiger partial charge on any atom is -0.353 e. The molecule has 1 aromatic heterocycles. The predicted molar refractivity (Wildman–Crippen MR) is 105 cm³/mol. The quantitative estimate of drug-likeness (QED) is 0.918. The molecule has 1 N–H and O–H groups in total. The zero-order valence-corrected chi connectivity index (χ0v) is 15.9. The molecule has 26 heavy (non-hydrogen) atoms. The van der Waals surface area contributed by atoms with E-state index >= 15 is 0 Å². The van der Waals surface area contributed by atoms with Crippen LogP contribution in [-0.4, -0.2) is 34.6 Å². The van der Waals surface area contributed by atoms with Crippen LogP contribution < -0.4 is 10.2 Å². The Hall–Kier alpha value is -2.04. The summed E-state index contributed by atoms with van der Waals surface area (Å²) in [5.41, 5.74) is 2.20. The molecule has 4 rings (SSSR count). The van der Waals surface area contributed by atoms with E-state index in [1.54, 1.807) is 0 Å². The molecular weight excluding hydrogens is 324 g/mol. The lowest BCUT2D eigenvalue weighted by Crippen LogP contribution is -2.47. The second-order valence-electron chi connectivity index (χ2n) is 8.10. The molecule has 0 spiro atoms. The van der Waals surface area contributed by atoms with Crippen LogP contribution in [0.1, 0.15) is 45.4 Å². The molecule has 5 nitrogen and oxygen atoms in total. The maximum absolute atomic E-state index is 12.7. The van der Waals surface area contributed by atoms with Crippen molar-refractivity contribution < 1.29 is 4.79 Å². The van der Waals surface area contributed by atoms with Gasteiger partial charge >= 0.3 is 0 Å². The Morgan fingerprint density at radius 2 is 1.85 bits per heavy atom. The number of imidazole rings is 1. The Morgan fingerprint density at radius 1 is 1.12 bits per heavy atom. The van der Waals surface area contributed by atoms with Crippen molar-refractivity contribution in [2.75, 3.05) is 18.0 Å². The van der Waals surface area contributed by atoms with Crippen LogP contribution in [0.3, 0.4) is 0 Å². The fraction of sp³-hybridized carbons (Fsp3) is 0.619. The maximum Gasteiger partial charge on any atom is 0.223 e. The highest BCUT2D eigenvalue weighted by Gasteiger charge is 2.30. The molecule has 0 bridgehead atoms. The van der Waals surface area contributed by atoms with Crippen molar-refractivity contribution in [1.29, 1.82) is 0 Å². The first kappa shape index (κ1) is 17.4. The third-order valence-corrected chi connectivity index (χ3v) is 6.35. The molecule has 2 atom stereocenters. The van der Waals surface area contributed by atoms with E-state index in [-0.39, 0.29) is 11.8 Å². The Bertz CT molecular complexity index is 775. The standard InChI is InChI=1S/C21H30N4O/c1-15-7-3-4-8-17(15)22-20(26)16-11-13-25(14-12-16)21-23-18-9-5-6-10-19(18)24(21)2/h5-6,9-10,15-17H,3-4,7-8,11-14H2,1-2H3,(H,22,26)/t15-,17+/m0/s1. The second-order valence-corrected chi connectivity index (χ2v) is 8.10. The zero-order valence-electron chi connectivity index (χ0n) is 15.9. The lowest BCUT2D eigenvalue weighted by molar-refractivity contribution is -0.126. The van der Waals surface area contributed by atoms with Gasteiger partial charge in [0, 0.05) is 32.1 Å². The normalized spacial score (nSPS) is 24.8. The van der Waals surface area contributed by atoms with Crippen LogP contribution in [0, 0.1) is 11.8 Å². The van der Waals surface area contributed by atoms with Crippen LogP contribution in [-0.2, 0) is 11.8 Å². The van der Waals surface area contributed by atoms with Gasteiger partial charge in [0.2, 0.25) is 11.9 Å². The van der Waals surface area contributed by atoms with Crippen LogP contribution in [0.5, 0.6) is 0 Å². The first-order valence-corrected chi connectivity index (χ1v) is 10.1. The maximum atomic E-state index is 12.7. The van der Waals surface area contributed by atoms with E-state index < -0.39 is 0 Å². The molecular formula is C21H30N4O. The number of para-hydroxylation sites is 2. The average Bonchev–Trinajstić information content (AvgIpc) is 3.01. The Balaban J connectivity index is 1.37. The van der Waals surface area contributed by atoms with Crippen molar-refractivity contribution in [3.63, 3.8) is 0 Å². The minimum atomic E-state index is 0.148. The highest BCUT2D eigenvalue weighted by Crippen LogP contribution is 2.27. The van der Waals surface area contributed by atoms with Crippen molar-refractivity contribution in [3.05, 3.63) is 24.3 Å². The smallest absolute Gasteiger partial charge is 0.223 e. The van der Waals surface area contributed by atoms with Gasteiger partial charge in [-0.25, -0.2) is 4.98 Å². The van der Waals surface area contributed by atoms with E-state index in [4.69, 9.17) is 4.98 Å². The summed E-state index contributed by atoms with van der Waals surface area (Å²) in [6, 6.07) is 8.63. The molecule has 2 aromatic rings. The highest BCUT2D eigenvalue weighted by molar-refractivity contribution is 5.80. The monoisotopic (exact) mass is 354 g/mol. The summed E-state index contributed by atoms with van der Waals surface area (Å²) in [5, 5.41) is 3.35.